The fourth-order valence-electron chi connectivity index (χ4n) is 3.35. The molecule has 0 radical (unpaired) electrons. The lowest BCUT2D eigenvalue weighted by atomic mass is 9.82. The van der Waals surface area contributed by atoms with Gasteiger partial charge in [0.2, 0.25) is 0 Å². The van der Waals surface area contributed by atoms with Gasteiger partial charge in [-0.15, -0.1) is 0 Å². The molecule has 5 nitrogen and oxygen atoms in total. The Morgan fingerprint density at radius 2 is 2.10 bits per heavy atom. The fraction of sp³-hybridized carbons (Fsp3) is 0.467. The van der Waals surface area contributed by atoms with E-state index in [2.05, 4.69) is 10.3 Å². The summed E-state index contributed by atoms with van der Waals surface area (Å²) in [7, 11) is 0. The first-order chi connectivity index (χ1) is 9.79. The van der Waals surface area contributed by atoms with Crippen LogP contribution in [0.5, 0.6) is 0 Å². The van der Waals surface area contributed by atoms with Gasteiger partial charge >= 0.3 is 0 Å². The van der Waals surface area contributed by atoms with Gasteiger partial charge in [-0.2, -0.15) is 0 Å². The van der Waals surface area contributed by atoms with Crippen molar-refractivity contribution in [3.63, 3.8) is 0 Å². The number of imidazole rings is 1. The molecule has 0 aliphatic carbocycles. The Morgan fingerprint density at radius 1 is 1.30 bits per heavy atom. The zero-order chi connectivity index (χ0) is 13.5. The second kappa shape index (κ2) is 4.68. The van der Waals surface area contributed by atoms with Crippen molar-refractivity contribution in [2.75, 3.05) is 13.2 Å². The van der Waals surface area contributed by atoms with Gasteiger partial charge < -0.3 is 14.5 Å². The first kappa shape index (κ1) is 12.1. The molecule has 5 heteroatoms. The van der Waals surface area contributed by atoms with Crippen LogP contribution < -0.4 is 5.32 Å². The van der Waals surface area contributed by atoms with Gasteiger partial charge in [0, 0.05) is 42.2 Å². The molecule has 2 atom stereocenters. The zero-order valence-corrected chi connectivity index (χ0v) is 11.2. The SMILES string of the molecule is O=C(c1ccn2ccnc2c1)C1CC2COCC(C1)N2. The molecule has 0 spiro atoms. The van der Waals surface area contributed by atoms with E-state index in [0.29, 0.717) is 12.1 Å². The van der Waals surface area contributed by atoms with Crippen LogP contribution >= 0.6 is 0 Å². The maximum atomic E-state index is 12.7. The highest BCUT2D eigenvalue weighted by molar-refractivity contribution is 5.98. The number of hydrogen-bond acceptors (Lipinski definition) is 4. The van der Waals surface area contributed by atoms with E-state index >= 15 is 0 Å². The average molecular weight is 271 g/mol. The van der Waals surface area contributed by atoms with E-state index in [-0.39, 0.29) is 11.7 Å². The predicted molar refractivity (Wildman–Crippen MR) is 73.8 cm³/mol. The van der Waals surface area contributed by atoms with Crippen LogP contribution in [0.1, 0.15) is 23.2 Å². The third-order valence-electron chi connectivity index (χ3n) is 4.30. The van der Waals surface area contributed by atoms with E-state index in [4.69, 9.17) is 4.74 Å². The minimum atomic E-state index is 0.104. The number of ketones is 1. The van der Waals surface area contributed by atoms with Crippen molar-refractivity contribution in [2.45, 2.75) is 24.9 Å². The first-order valence-corrected chi connectivity index (χ1v) is 7.10. The monoisotopic (exact) mass is 271 g/mol. The largest absolute Gasteiger partial charge is 0.378 e. The molecular formula is C15H17N3O2. The number of rotatable bonds is 2. The van der Waals surface area contributed by atoms with Crippen LogP contribution in [0.2, 0.25) is 0 Å². The second-order valence-corrected chi connectivity index (χ2v) is 5.74. The van der Waals surface area contributed by atoms with Crippen molar-refractivity contribution in [3.8, 4) is 0 Å². The van der Waals surface area contributed by atoms with Gasteiger partial charge in [-0.1, -0.05) is 0 Å². The Morgan fingerprint density at radius 3 is 2.90 bits per heavy atom. The molecule has 2 fully saturated rings. The van der Waals surface area contributed by atoms with Crippen molar-refractivity contribution in [1.29, 1.82) is 0 Å². The topological polar surface area (TPSA) is 55.6 Å². The van der Waals surface area contributed by atoms with Crippen LogP contribution in [0, 0.1) is 5.92 Å². The maximum Gasteiger partial charge on any atom is 0.166 e. The lowest BCUT2D eigenvalue weighted by molar-refractivity contribution is 0.00953. The quantitative estimate of drug-likeness (QED) is 0.836. The summed E-state index contributed by atoms with van der Waals surface area (Å²) in [4.78, 5) is 16.9. The Bertz CT molecular complexity index is 639. The van der Waals surface area contributed by atoms with Gasteiger partial charge in [-0.3, -0.25) is 4.79 Å². The third-order valence-corrected chi connectivity index (χ3v) is 4.30. The molecule has 2 bridgehead atoms. The molecule has 2 saturated heterocycles. The maximum absolute atomic E-state index is 12.7. The summed E-state index contributed by atoms with van der Waals surface area (Å²) < 4.78 is 7.45. The van der Waals surface area contributed by atoms with E-state index in [1.54, 1.807) is 6.20 Å². The van der Waals surface area contributed by atoms with Gasteiger partial charge in [0.15, 0.2) is 5.78 Å². The fourth-order valence-corrected chi connectivity index (χ4v) is 3.35. The molecule has 2 aromatic heterocycles. The molecule has 104 valence electrons. The third kappa shape index (κ3) is 2.03. The van der Waals surface area contributed by atoms with Crippen molar-refractivity contribution < 1.29 is 9.53 Å². The number of fused-ring (bicyclic) bond motifs is 3. The van der Waals surface area contributed by atoms with Gasteiger partial charge in [-0.25, -0.2) is 4.98 Å². The summed E-state index contributed by atoms with van der Waals surface area (Å²) in [6.45, 7) is 1.44. The number of Topliss-reactive ketones (excluding diaryl/α,β-unsaturated/α-hetero) is 1. The Hall–Kier alpha value is -1.72. The molecule has 0 amide bonds. The Kier molecular flexibility index (Phi) is 2.82. The number of nitrogens with one attached hydrogen (secondary N) is 1. The molecule has 2 aliphatic rings. The van der Waals surface area contributed by atoms with Gasteiger partial charge in [0.05, 0.1) is 13.2 Å². The van der Waals surface area contributed by atoms with E-state index < -0.39 is 0 Å². The highest BCUT2D eigenvalue weighted by Gasteiger charge is 2.35. The highest BCUT2D eigenvalue weighted by Crippen LogP contribution is 2.27. The van der Waals surface area contributed by atoms with Crippen molar-refractivity contribution >= 4 is 11.4 Å². The number of carbonyl (C=O) groups is 1. The normalized spacial score (nSPS) is 29.5. The number of hydrogen-bond donors (Lipinski definition) is 1. The van der Waals surface area contributed by atoms with Crippen LogP contribution in [-0.4, -0.2) is 40.5 Å². The molecule has 2 aromatic rings. The minimum Gasteiger partial charge on any atom is -0.378 e. The van der Waals surface area contributed by atoms with Gasteiger partial charge in [0.1, 0.15) is 5.65 Å². The van der Waals surface area contributed by atoms with Gasteiger partial charge in [-0.05, 0) is 25.0 Å². The number of aromatic nitrogens is 2. The number of nitrogens with zero attached hydrogens (tertiary/aromatic N) is 2. The predicted octanol–water partition coefficient (Wildman–Crippen LogP) is 1.28. The van der Waals surface area contributed by atoms with Crippen LogP contribution in [-0.2, 0) is 4.74 Å². The molecule has 1 N–H and O–H groups in total. The highest BCUT2D eigenvalue weighted by atomic mass is 16.5. The van der Waals surface area contributed by atoms with Crippen LogP contribution in [0.25, 0.3) is 5.65 Å². The molecule has 0 saturated carbocycles. The van der Waals surface area contributed by atoms with E-state index in [0.717, 1.165) is 37.3 Å². The molecule has 4 heterocycles. The summed E-state index contributed by atoms with van der Waals surface area (Å²) in [6, 6.07) is 4.43. The molecule has 20 heavy (non-hydrogen) atoms. The standard InChI is InChI=1S/C15H17N3O2/c19-15(10-1-3-18-4-2-16-14(18)7-10)11-5-12-8-20-9-13(6-11)17-12/h1-4,7,11-13,17H,5-6,8-9H2. The van der Waals surface area contributed by atoms with Crippen molar-refractivity contribution in [1.82, 2.24) is 14.7 Å². The lowest BCUT2D eigenvalue weighted by Crippen LogP contribution is -2.55. The minimum absolute atomic E-state index is 0.104. The summed E-state index contributed by atoms with van der Waals surface area (Å²) in [6.07, 6.45) is 7.27. The molecule has 2 unspecified atom stereocenters. The molecule has 2 aliphatic heterocycles. The second-order valence-electron chi connectivity index (χ2n) is 5.74. The number of morpholine rings is 1. The molecule has 0 aromatic carbocycles. The molecule has 4 rings (SSSR count). The van der Waals surface area contributed by atoms with E-state index in [9.17, 15) is 4.79 Å². The summed E-state index contributed by atoms with van der Waals surface area (Å²) in [5, 5.41) is 3.52. The van der Waals surface area contributed by atoms with Gasteiger partial charge in [0.25, 0.3) is 0 Å². The summed E-state index contributed by atoms with van der Waals surface area (Å²) in [5.74, 6) is 0.349. The lowest BCUT2D eigenvalue weighted by Gasteiger charge is -2.39. The van der Waals surface area contributed by atoms with E-state index in [1.165, 1.54) is 0 Å². The Labute approximate surface area is 117 Å². The zero-order valence-electron chi connectivity index (χ0n) is 11.2. The smallest absolute Gasteiger partial charge is 0.166 e. The first-order valence-electron chi connectivity index (χ1n) is 7.10. The number of pyridine rings is 1. The average Bonchev–Trinajstić information content (AvgIpc) is 2.93. The van der Waals surface area contributed by atoms with Crippen molar-refractivity contribution in [3.05, 3.63) is 36.3 Å². The number of ether oxygens (including phenoxy) is 1. The number of carbonyl (C=O) groups excluding carboxylic acids is 1. The van der Waals surface area contributed by atoms with E-state index in [1.807, 2.05) is 28.9 Å². The summed E-state index contributed by atoms with van der Waals surface area (Å²) >= 11 is 0. The van der Waals surface area contributed by atoms with Crippen LogP contribution in [0.15, 0.2) is 30.7 Å². The van der Waals surface area contributed by atoms with Crippen molar-refractivity contribution in [2.24, 2.45) is 5.92 Å². The summed E-state index contributed by atoms with van der Waals surface area (Å²) in [5.41, 5.74) is 1.60. The van der Waals surface area contributed by atoms with Crippen LogP contribution in [0.4, 0.5) is 0 Å². The van der Waals surface area contributed by atoms with Crippen LogP contribution in [0.3, 0.4) is 0 Å². The number of piperidine rings is 1. The molecular weight excluding hydrogens is 254 g/mol. The Balaban J connectivity index is 1.59.